The lowest BCUT2D eigenvalue weighted by atomic mass is 10.2. The first-order chi connectivity index (χ1) is 11.2. The van der Waals surface area contributed by atoms with E-state index in [9.17, 15) is 5.11 Å². The Hall–Kier alpha value is -1.44. The first-order valence-corrected chi connectivity index (χ1v) is 8.55. The van der Waals surface area contributed by atoms with Gasteiger partial charge in [-0.25, -0.2) is 4.98 Å². The molecule has 7 nitrogen and oxygen atoms in total. The predicted molar refractivity (Wildman–Crippen MR) is 89.9 cm³/mol. The van der Waals surface area contributed by atoms with Crippen LogP contribution in [-0.2, 0) is 4.74 Å². The Morgan fingerprint density at radius 1 is 1.35 bits per heavy atom. The lowest BCUT2D eigenvalue weighted by Crippen LogP contribution is -2.39. The highest BCUT2D eigenvalue weighted by Crippen LogP contribution is 2.39. The summed E-state index contributed by atoms with van der Waals surface area (Å²) in [6.07, 6.45) is 2.42. The standard InChI is InChI=1S/C16H27N5O2/c1-12(11-22)18-16-19-14(13-2-3-13)10-15(20-16)17-4-5-21-6-8-23-9-7-21/h10,12-13,22H,2-9,11H2,1H3,(H2,17,18,19,20)/t12-/m0/s1. The van der Waals surface area contributed by atoms with Gasteiger partial charge in [-0.3, -0.25) is 4.90 Å². The maximum atomic E-state index is 9.19. The van der Waals surface area contributed by atoms with Crippen LogP contribution in [0.15, 0.2) is 6.07 Å². The van der Waals surface area contributed by atoms with Gasteiger partial charge in [0.1, 0.15) is 5.82 Å². The molecule has 23 heavy (non-hydrogen) atoms. The van der Waals surface area contributed by atoms with Gasteiger partial charge in [0.25, 0.3) is 0 Å². The van der Waals surface area contributed by atoms with Gasteiger partial charge in [-0.1, -0.05) is 0 Å². The van der Waals surface area contributed by atoms with E-state index in [1.54, 1.807) is 0 Å². The van der Waals surface area contributed by atoms with E-state index in [0.717, 1.165) is 50.9 Å². The van der Waals surface area contributed by atoms with Crippen LogP contribution >= 0.6 is 0 Å². The number of anilines is 2. The molecule has 7 heteroatoms. The van der Waals surface area contributed by atoms with Crippen LogP contribution in [0.4, 0.5) is 11.8 Å². The Kier molecular flexibility index (Phi) is 5.64. The van der Waals surface area contributed by atoms with Crippen molar-refractivity contribution in [3.63, 3.8) is 0 Å². The van der Waals surface area contributed by atoms with Crippen LogP contribution in [0.5, 0.6) is 0 Å². The van der Waals surface area contributed by atoms with Crippen molar-refractivity contribution in [2.45, 2.75) is 31.7 Å². The summed E-state index contributed by atoms with van der Waals surface area (Å²) in [5, 5.41) is 15.8. The second-order valence-corrected chi connectivity index (χ2v) is 6.38. The van der Waals surface area contributed by atoms with Crippen LogP contribution in [-0.4, -0.2) is 72.0 Å². The summed E-state index contributed by atoms with van der Waals surface area (Å²) in [5.41, 5.74) is 1.10. The highest BCUT2D eigenvalue weighted by Gasteiger charge is 2.26. The third-order valence-electron chi connectivity index (χ3n) is 4.23. The molecule has 3 N–H and O–H groups in total. The largest absolute Gasteiger partial charge is 0.394 e. The maximum absolute atomic E-state index is 9.19. The van der Waals surface area contributed by atoms with Gasteiger partial charge in [-0.05, 0) is 19.8 Å². The van der Waals surface area contributed by atoms with Crippen LogP contribution < -0.4 is 10.6 Å². The van der Waals surface area contributed by atoms with E-state index in [1.807, 2.05) is 6.92 Å². The fourth-order valence-electron chi connectivity index (χ4n) is 2.64. The third kappa shape index (κ3) is 5.02. The number of ether oxygens (including phenoxy) is 1. The molecule has 1 saturated carbocycles. The molecule has 0 bridgehead atoms. The van der Waals surface area contributed by atoms with Gasteiger partial charge in [0.05, 0.1) is 25.5 Å². The average molecular weight is 321 g/mol. The fourth-order valence-corrected chi connectivity index (χ4v) is 2.64. The molecular weight excluding hydrogens is 294 g/mol. The first kappa shape index (κ1) is 16.4. The number of morpholine rings is 1. The number of aliphatic hydroxyl groups is 1. The van der Waals surface area contributed by atoms with Crippen molar-refractivity contribution in [3.05, 3.63) is 11.8 Å². The Morgan fingerprint density at radius 2 is 2.13 bits per heavy atom. The quantitative estimate of drug-likeness (QED) is 0.656. The van der Waals surface area contributed by atoms with Crippen molar-refractivity contribution in [2.24, 2.45) is 0 Å². The second-order valence-electron chi connectivity index (χ2n) is 6.38. The van der Waals surface area contributed by atoms with E-state index in [2.05, 4.69) is 31.6 Å². The first-order valence-electron chi connectivity index (χ1n) is 8.55. The van der Waals surface area contributed by atoms with E-state index in [0.29, 0.717) is 11.9 Å². The zero-order chi connectivity index (χ0) is 16.1. The van der Waals surface area contributed by atoms with E-state index in [4.69, 9.17) is 4.74 Å². The predicted octanol–water partition coefficient (Wildman–Crippen LogP) is 0.891. The summed E-state index contributed by atoms with van der Waals surface area (Å²) in [5.74, 6) is 2.04. The Morgan fingerprint density at radius 3 is 2.83 bits per heavy atom. The summed E-state index contributed by atoms with van der Waals surface area (Å²) < 4.78 is 5.37. The molecule has 1 atom stereocenters. The number of hydrogen-bond donors (Lipinski definition) is 3. The van der Waals surface area contributed by atoms with Gasteiger partial charge in [-0.15, -0.1) is 0 Å². The fraction of sp³-hybridized carbons (Fsp3) is 0.750. The van der Waals surface area contributed by atoms with Crippen LogP contribution in [0.25, 0.3) is 0 Å². The highest BCUT2D eigenvalue weighted by atomic mass is 16.5. The lowest BCUT2D eigenvalue weighted by Gasteiger charge is -2.26. The molecule has 0 amide bonds. The van der Waals surface area contributed by atoms with Gasteiger partial charge >= 0.3 is 0 Å². The molecule has 0 spiro atoms. The van der Waals surface area contributed by atoms with Gasteiger partial charge in [0, 0.05) is 44.2 Å². The van der Waals surface area contributed by atoms with Crippen LogP contribution in [0.3, 0.4) is 0 Å². The molecular formula is C16H27N5O2. The van der Waals surface area contributed by atoms with Crippen molar-refractivity contribution < 1.29 is 9.84 Å². The molecule has 0 aromatic carbocycles. The van der Waals surface area contributed by atoms with E-state index in [1.165, 1.54) is 12.8 Å². The average Bonchev–Trinajstić information content (AvgIpc) is 3.40. The van der Waals surface area contributed by atoms with Gasteiger partial charge < -0.3 is 20.5 Å². The minimum absolute atomic E-state index is 0.0503. The van der Waals surface area contributed by atoms with Crippen molar-refractivity contribution in [1.29, 1.82) is 0 Å². The molecule has 128 valence electrons. The van der Waals surface area contributed by atoms with E-state index in [-0.39, 0.29) is 12.6 Å². The number of aromatic nitrogens is 2. The number of hydrogen-bond acceptors (Lipinski definition) is 7. The normalized spacial score (nSPS) is 20.3. The Balaban J connectivity index is 1.58. The van der Waals surface area contributed by atoms with Gasteiger partial charge in [-0.2, -0.15) is 4.98 Å². The molecule has 1 aromatic heterocycles. The van der Waals surface area contributed by atoms with E-state index >= 15 is 0 Å². The van der Waals surface area contributed by atoms with Gasteiger partial charge in [0.2, 0.25) is 5.95 Å². The molecule has 2 fully saturated rings. The maximum Gasteiger partial charge on any atom is 0.225 e. The SMILES string of the molecule is C[C@@H](CO)Nc1nc(NCCN2CCOCC2)cc(C2CC2)n1. The number of nitrogens with one attached hydrogen (secondary N) is 2. The summed E-state index contributed by atoms with van der Waals surface area (Å²) in [6, 6.07) is 2.01. The zero-order valence-corrected chi connectivity index (χ0v) is 13.8. The molecule has 2 heterocycles. The van der Waals surface area contributed by atoms with Crippen molar-refractivity contribution in [2.75, 3.05) is 56.6 Å². The van der Waals surface area contributed by atoms with Crippen LogP contribution in [0.2, 0.25) is 0 Å². The van der Waals surface area contributed by atoms with Crippen LogP contribution in [0, 0.1) is 0 Å². The molecule has 0 unspecified atom stereocenters. The zero-order valence-electron chi connectivity index (χ0n) is 13.8. The minimum atomic E-state index is -0.0503. The number of nitrogens with zero attached hydrogens (tertiary/aromatic N) is 3. The Bertz CT molecular complexity index is 503. The molecule has 1 aliphatic heterocycles. The summed E-state index contributed by atoms with van der Waals surface area (Å²) >= 11 is 0. The summed E-state index contributed by atoms with van der Waals surface area (Å²) in [6.45, 7) is 7.48. The van der Waals surface area contributed by atoms with Crippen molar-refractivity contribution in [1.82, 2.24) is 14.9 Å². The molecule has 1 aliphatic carbocycles. The number of aliphatic hydroxyl groups excluding tert-OH is 1. The summed E-state index contributed by atoms with van der Waals surface area (Å²) in [4.78, 5) is 11.5. The van der Waals surface area contributed by atoms with Crippen molar-refractivity contribution >= 4 is 11.8 Å². The van der Waals surface area contributed by atoms with Crippen LogP contribution in [0.1, 0.15) is 31.4 Å². The lowest BCUT2D eigenvalue weighted by molar-refractivity contribution is 0.0398. The monoisotopic (exact) mass is 321 g/mol. The van der Waals surface area contributed by atoms with E-state index < -0.39 is 0 Å². The topological polar surface area (TPSA) is 82.5 Å². The third-order valence-corrected chi connectivity index (χ3v) is 4.23. The molecule has 1 saturated heterocycles. The molecule has 0 radical (unpaired) electrons. The molecule has 2 aliphatic rings. The second kappa shape index (κ2) is 7.90. The Labute approximate surface area is 137 Å². The smallest absolute Gasteiger partial charge is 0.225 e. The number of rotatable bonds is 8. The van der Waals surface area contributed by atoms with Gasteiger partial charge in [0.15, 0.2) is 0 Å². The highest BCUT2D eigenvalue weighted by molar-refractivity contribution is 5.44. The van der Waals surface area contributed by atoms with Crippen molar-refractivity contribution in [3.8, 4) is 0 Å². The molecule has 1 aromatic rings. The summed E-state index contributed by atoms with van der Waals surface area (Å²) in [7, 11) is 0. The minimum Gasteiger partial charge on any atom is -0.394 e. The molecule has 3 rings (SSSR count).